The van der Waals surface area contributed by atoms with Gasteiger partial charge >= 0.3 is 0 Å². The van der Waals surface area contributed by atoms with Gasteiger partial charge in [-0.1, -0.05) is 12.5 Å². The summed E-state index contributed by atoms with van der Waals surface area (Å²) >= 11 is 0. The minimum absolute atomic E-state index is 0.288. The number of aryl methyl sites for hydroxylation is 1. The van der Waals surface area contributed by atoms with Gasteiger partial charge in [0.2, 0.25) is 0 Å². The van der Waals surface area contributed by atoms with Crippen LogP contribution in [0.15, 0.2) is 18.2 Å². The normalized spacial score (nSPS) is 27.9. The van der Waals surface area contributed by atoms with Crippen LogP contribution in [0.4, 0.5) is 0 Å². The third-order valence-electron chi connectivity index (χ3n) is 4.79. The second kappa shape index (κ2) is 6.04. The lowest BCUT2D eigenvalue weighted by atomic mass is 9.82. The van der Waals surface area contributed by atoms with Gasteiger partial charge in [-0.15, -0.1) is 0 Å². The number of Topliss-reactive ketones (excluding diaryl/α,β-unsaturated/α-hetero) is 1. The van der Waals surface area contributed by atoms with Crippen molar-refractivity contribution in [3.8, 4) is 0 Å². The quantitative estimate of drug-likeness (QED) is 0.847. The first-order valence-electron chi connectivity index (χ1n) is 7.93. The van der Waals surface area contributed by atoms with Crippen molar-refractivity contribution in [2.45, 2.75) is 58.0 Å². The van der Waals surface area contributed by atoms with E-state index < -0.39 is 0 Å². The van der Waals surface area contributed by atoms with Gasteiger partial charge in [-0.3, -0.25) is 14.7 Å². The molecule has 108 valence electrons. The van der Waals surface area contributed by atoms with Crippen LogP contribution in [-0.2, 0) is 11.3 Å². The van der Waals surface area contributed by atoms with Crippen LogP contribution in [0.5, 0.6) is 0 Å². The third kappa shape index (κ3) is 2.93. The van der Waals surface area contributed by atoms with Crippen LogP contribution >= 0.6 is 0 Å². The lowest BCUT2D eigenvalue weighted by molar-refractivity contribution is -0.126. The second-order valence-corrected chi connectivity index (χ2v) is 6.27. The number of hydrogen-bond acceptors (Lipinski definition) is 3. The van der Waals surface area contributed by atoms with E-state index in [1.807, 2.05) is 13.0 Å². The molecule has 0 radical (unpaired) electrons. The van der Waals surface area contributed by atoms with E-state index in [1.165, 1.54) is 19.3 Å². The zero-order valence-electron chi connectivity index (χ0n) is 12.3. The van der Waals surface area contributed by atoms with E-state index in [0.717, 1.165) is 43.7 Å². The summed E-state index contributed by atoms with van der Waals surface area (Å²) in [6.07, 6.45) is 6.63. The van der Waals surface area contributed by atoms with E-state index >= 15 is 0 Å². The zero-order valence-corrected chi connectivity index (χ0v) is 12.3. The van der Waals surface area contributed by atoms with Gasteiger partial charge in [-0.05, 0) is 51.3 Å². The molecule has 0 amide bonds. The number of carbonyl (C=O) groups excluding carboxylic acids is 1. The Kier molecular flexibility index (Phi) is 4.16. The molecule has 0 spiro atoms. The maximum absolute atomic E-state index is 12.2. The van der Waals surface area contributed by atoms with Crippen LogP contribution in [0.3, 0.4) is 0 Å². The standard InChI is InChI=1S/C17H24N2O/c1-13-6-4-7-14(18-13)12-19-11-5-9-16(19)15-8-2-3-10-17(15)20/h4,6-7,15-16H,2-3,5,8-12H2,1H3. The Morgan fingerprint density at radius 3 is 2.95 bits per heavy atom. The molecule has 2 aliphatic rings. The van der Waals surface area contributed by atoms with Crippen LogP contribution in [0.25, 0.3) is 0 Å². The summed E-state index contributed by atoms with van der Waals surface area (Å²) < 4.78 is 0. The monoisotopic (exact) mass is 272 g/mol. The van der Waals surface area contributed by atoms with Crippen molar-refractivity contribution < 1.29 is 4.79 Å². The van der Waals surface area contributed by atoms with E-state index in [0.29, 0.717) is 11.8 Å². The van der Waals surface area contributed by atoms with Gasteiger partial charge in [0.15, 0.2) is 0 Å². The molecule has 0 N–H and O–H groups in total. The maximum atomic E-state index is 12.2. The van der Waals surface area contributed by atoms with Gasteiger partial charge in [0.05, 0.1) is 5.69 Å². The minimum Gasteiger partial charge on any atom is -0.299 e. The highest BCUT2D eigenvalue weighted by Crippen LogP contribution is 2.33. The smallest absolute Gasteiger partial charge is 0.137 e. The largest absolute Gasteiger partial charge is 0.299 e. The summed E-state index contributed by atoms with van der Waals surface area (Å²) in [5.74, 6) is 0.793. The molecule has 1 aromatic heterocycles. The van der Waals surface area contributed by atoms with Gasteiger partial charge in [-0.25, -0.2) is 0 Å². The van der Waals surface area contributed by atoms with E-state index in [9.17, 15) is 4.79 Å². The molecule has 3 heteroatoms. The predicted octanol–water partition coefficient (Wildman–Crippen LogP) is 3.11. The number of carbonyl (C=O) groups is 1. The number of nitrogens with zero attached hydrogens (tertiary/aromatic N) is 2. The number of hydrogen-bond donors (Lipinski definition) is 0. The first kappa shape index (κ1) is 13.7. The lowest BCUT2D eigenvalue weighted by Gasteiger charge is -2.32. The van der Waals surface area contributed by atoms with Crippen LogP contribution in [-0.4, -0.2) is 28.3 Å². The molecule has 1 saturated heterocycles. The number of aromatic nitrogens is 1. The Hall–Kier alpha value is -1.22. The van der Waals surface area contributed by atoms with Crippen molar-refractivity contribution >= 4 is 5.78 Å². The van der Waals surface area contributed by atoms with Crippen molar-refractivity contribution in [2.75, 3.05) is 6.54 Å². The summed E-state index contributed by atoms with van der Waals surface area (Å²) in [5, 5.41) is 0. The third-order valence-corrected chi connectivity index (χ3v) is 4.79. The van der Waals surface area contributed by atoms with Crippen LogP contribution in [0.1, 0.15) is 49.9 Å². The lowest BCUT2D eigenvalue weighted by Crippen LogP contribution is -2.40. The molecule has 2 heterocycles. The summed E-state index contributed by atoms with van der Waals surface area (Å²) in [6, 6.07) is 6.68. The summed E-state index contributed by atoms with van der Waals surface area (Å²) in [5.41, 5.74) is 2.21. The van der Waals surface area contributed by atoms with E-state index in [2.05, 4.69) is 22.0 Å². The van der Waals surface area contributed by atoms with E-state index in [1.54, 1.807) is 0 Å². The molecular formula is C17H24N2O. The molecule has 1 aliphatic heterocycles. The van der Waals surface area contributed by atoms with Crippen molar-refractivity contribution in [1.82, 2.24) is 9.88 Å². The maximum Gasteiger partial charge on any atom is 0.137 e. The number of ketones is 1. The Balaban J connectivity index is 1.70. The van der Waals surface area contributed by atoms with Crippen molar-refractivity contribution in [2.24, 2.45) is 5.92 Å². The molecule has 2 fully saturated rings. The SMILES string of the molecule is Cc1cccc(CN2CCCC2C2CCCCC2=O)n1. The van der Waals surface area contributed by atoms with Crippen molar-refractivity contribution in [3.63, 3.8) is 0 Å². The fourth-order valence-corrected chi connectivity index (χ4v) is 3.82. The van der Waals surface area contributed by atoms with Gasteiger partial charge in [0.1, 0.15) is 5.78 Å². The molecule has 3 nitrogen and oxygen atoms in total. The molecule has 0 bridgehead atoms. The van der Waals surface area contributed by atoms with Crippen LogP contribution in [0.2, 0.25) is 0 Å². The number of rotatable bonds is 3. The highest BCUT2D eigenvalue weighted by Gasteiger charge is 2.36. The van der Waals surface area contributed by atoms with Crippen LogP contribution in [0, 0.1) is 12.8 Å². The number of pyridine rings is 1. The van der Waals surface area contributed by atoms with Gasteiger partial charge in [0, 0.05) is 30.6 Å². The van der Waals surface area contributed by atoms with Gasteiger partial charge in [-0.2, -0.15) is 0 Å². The summed E-state index contributed by atoms with van der Waals surface area (Å²) in [6.45, 7) is 4.05. The molecule has 2 atom stereocenters. The first-order valence-corrected chi connectivity index (χ1v) is 7.93. The van der Waals surface area contributed by atoms with Crippen molar-refractivity contribution in [3.05, 3.63) is 29.6 Å². The molecule has 3 rings (SSSR count). The molecule has 1 aliphatic carbocycles. The Morgan fingerprint density at radius 2 is 2.15 bits per heavy atom. The molecule has 0 aromatic carbocycles. The second-order valence-electron chi connectivity index (χ2n) is 6.27. The molecule has 20 heavy (non-hydrogen) atoms. The number of likely N-dealkylation sites (tertiary alicyclic amines) is 1. The highest BCUT2D eigenvalue weighted by atomic mass is 16.1. The van der Waals surface area contributed by atoms with Gasteiger partial charge < -0.3 is 0 Å². The highest BCUT2D eigenvalue weighted by molar-refractivity contribution is 5.82. The molecule has 1 saturated carbocycles. The summed E-state index contributed by atoms with van der Waals surface area (Å²) in [4.78, 5) is 19.3. The van der Waals surface area contributed by atoms with Gasteiger partial charge in [0.25, 0.3) is 0 Å². The Labute approximate surface area is 121 Å². The predicted molar refractivity (Wildman–Crippen MR) is 79.4 cm³/mol. The minimum atomic E-state index is 0.288. The Morgan fingerprint density at radius 1 is 1.25 bits per heavy atom. The zero-order chi connectivity index (χ0) is 13.9. The fraction of sp³-hybridized carbons (Fsp3) is 0.647. The Bertz CT molecular complexity index is 486. The topological polar surface area (TPSA) is 33.2 Å². The molecule has 1 aromatic rings. The van der Waals surface area contributed by atoms with E-state index in [4.69, 9.17) is 0 Å². The van der Waals surface area contributed by atoms with Crippen LogP contribution < -0.4 is 0 Å². The van der Waals surface area contributed by atoms with Crippen molar-refractivity contribution in [1.29, 1.82) is 0 Å². The van der Waals surface area contributed by atoms with E-state index in [-0.39, 0.29) is 5.92 Å². The average molecular weight is 272 g/mol. The fourth-order valence-electron chi connectivity index (χ4n) is 3.82. The first-order chi connectivity index (χ1) is 9.74. The molecule has 2 unspecified atom stereocenters. The molecular weight excluding hydrogens is 248 g/mol. The average Bonchev–Trinajstić information content (AvgIpc) is 2.87. The summed E-state index contributed by atoms with van der Waals surface area (Å²) in [7, 11) is 0.